The zero-order valence-corrected chi connectivity index (χ0v) is 19.9. The van der Waals surface area contributed by atoms with E-state index in [0.29, 0.717) is 29.2 Å². The fourth-order valence-corrected chi connectivity index (χ4v) is 4.28. The fourth-order valence-electron chi connectivity index (χ4n) is 4.28. The molecule has 0 aliphatic carbocycles. The van der Waals surface area contributed by atoms with E-state index >= 15 is 0 Å². The summed E-state index contributed by atoms with van der Waals surface area (Å²) in [6.45, 7) is 0.277. The van der Waals surface area contributed by atoms with Crippen molar-refractivity contribution in [2.24, 2.45) is 0 Å². The molecule has 1 atom stereocenters. The van der Waals surface area contributed by atoms with Gasteiger partial charge >= 0.3 is 0 Å². The van der Waals surface area contributed by atoms with E-state index in [2.05, 4.69) is 0 Å². The molecular weight excluding hydrogens is 446 g/mol. The number of ether oxygens (including phenoxy) is 3. The number of likely N-dealkylation sites (tertiary alicyclic amines) is 1. The van der Waals surface area contributed by atoms with E-state index in [1.54, 1.807) is 51.7 Å². The monoisotopic (exact) mass is 473 g/mol. The molecule has 1 unspecified atom stereocenters. The van der Waals surface area contributed by atoms with Crippen LogP contribution in [-0.4, -0.2) is 49.6 Å². The average molecular weight is 474 g/mol. The van der Waals surface area contributed by atoms with Crippen molar-refractivity contribution >= 4 is 17.4 Å². The molecule has 7 nitrogen and oxygen atoms in total. The van der Waals surface area contributed by atoms with Gasteiger partial charge in [-0.3, -0.25) is 9.59 Å². The number of amides is 1. The fraction of sp³-hybridized carbons (Fsp3) is 0.214. The summed E-state index contributed by atoms with van der Waals surface area (Å²) in [6.07, 6.45) is 0.485. The largest absolute Gasteiger partial charge is 0.507 e. The van der Waals surface area contributed by atoms with E-state index in [9.17, 15) is 14.7 Å². The first-order valence-corrected chi connectivity index (χ1v) is 11.2. The van der Waals surface area contributed by atoms with Gasteiger partial charge in [0.2, 0.25) is 0 Å². The second-order valence-electron chi connectivity index (χ2n) is 8.07. The lowest BCUT2D eigenvalue weighted by molar-refractivity contribution is -0.139. The van der Waals surface area contributed by atoms with Crippen LogP contribution >= 0.6 is 0 Å². The van der Waals surface area contributed by atoms with Crippen molar-refractivity contribution in [2.75, 3.05) is 27.9 Å². The molecule has 1 N–H and O–H groups in total. The molecule has 0 bridgehead atoms. The summed E-state index contributed by atoms with van der Waals surface area (Å²) in [5.74, 6) is 0.255. The van der Waals surface area contributed by atoms with Gasteiger partial charge in [-0.15, -0.1) is 0 Å². The van der Waals surface area contributed by atoms with Crippen LogP contribution in [0, 0.1) is 0 Å². The van der Waals surface area contributed by atoms with Gasteiger partial charge in [0, 0.05) is 12.1 Å². The Hall–Kier alpha value is -4.26. The van der Waals surface area contributed by atoms with E-state index < -0.39 is 17.7 Å². The number of ketones is 1. The quantitative estimate of drug-likeness (QED) is 0.297. The molecule has 0 saturated carbocycles. The summed E-state index contributed by atoms with van der Waals surface area (Å²) >= 11 is 0. The van der Waals surface area contributed by atoms with Crippen LogP contribution in [0.2, 0.25) is 0 Å². The number of benzene rings is 3. The Bertz CT molecular complexity index is 1250. The normalized spacial score (nSPS) is 16.9. The molecule has 0 radical (unpaired) electrons. The zero-order chi connectivity index (χ0) is 24.9. The highest BCUT2D eigenvalue weighted by atomic mass is 16.5. The minimum Gasteiger partial charge on any atom is -0.507 e. The molecule has 1 aliphatic heterocycles. The van der Waals surface area contributed by atoms with Gasteiger partial charge in [0.25, 0.3) is 11.7 Å². The Morgan fingerprint density at radius 1 is 0.857 bits per heavy atom. The lowest BCUT2D eigenvalue weighted by Crippen LogP contribution is -2.31. The maximum absolute atomic E-state index is 13.2. The molecule has 1 amide bonds. The molecule has 180 valence electrons. The SMILES string of the molecule is COc1ccc(/C(O)=C2\C(=O)C(=O)N(CCc3ccc(OC)c(OC)c3)C2c2ccccc2)cc1. The number of carbonyl (C=O) groups is 2. The first kappa shape index (κ1) is 23.9. The van der Waals surface area contributed by atoms with E-state index in [4.69, 9.17) is 14.2 Å². The highest BCUT2D eigenvalue weighted by Crippen LogP contribution is 2.39. The van der Waals surface area contributed by atoms with E-state index in [1.807, 2.05) is 42.5 Å². The number of hydrogen-bond donors (Lipinski definition) is 1. The molecule has 3 aromatic carbocycles. The first-order valence-electron chi connectivity index (χ1n) is 11.2. The molecule has 1 saturated heterocycles. The number of aliphatic hydroxyl groups is 1. The van der Waals surface area contributed by atoms with Gasteiger partial charge in [-0.1, -0.05) is 36.4 Å². The summed E-state index contributed by atoms with van der Waals surface area (Å²) in [7, 11) is 4.68. The number of carbonyl (C=O) groups excluding carboxylic acids is 2. The van der Waals surface area contributed by atoms with Crippen LogP contribution in [0.4, 0.5) is 0 Å². The Morgan fingerprint density at radius 3 is 2.17 bits per heavy atom. The minimum absolute atomic E-state index is 0.0682. The molecule has 3 aromatic rings. The lowest BCUT2D eigenvalue weighted by atomic mass is 9.95. The van der Waals surface area contributed by atoms with Gasteiger partial charge < -0.3 is 24.2 Å². The molecule has 0 spiro atoms. The lowest BCUT2D eigenvalue weighted by Gasteiger charge is -2.25. The number of rotatable bonds is 8. The van der Waals surface area contributed by atoms with Crippen LogP contribution in [0.1, 0.15) is 22.7 Å². The highest BCUT2D eigenvalue weighted by Gasteiger charge is 2.45. The molecule has 1 heterocycles. The second kappa shape index (κ2) is 10.3. The van der Waals surface area contributed by atoms with Gasteiger partial charge in [0.05, 0.1) is 32.9 Å². The van der Waals surface area contributed by atoms with Crippen molar-refractivity contribution in [2.45, 2.75) is 12.5 Å². The standard InChI is InChI=1S/C28H27NO6/c1-33-21-12-10-20(11-13-21)26(30)24-25(19-7-5-4-6-8-19)29(28(32)27(24)31)16-15-18-9-14-22(34-2)23(17-18)35-3/h4-14,17,25,30H,15-16H2,1-3H3/b26-24+. The summed E-state index contributed by atoms with van der Waals surface area (Å²) < 4.78 is 15.9. The van der Waals surface area contributed by atoms with Gasteiger partial charge in [-0.2, -0.15) is 0 Å². The average Bonchev–Trinajstić information content (AvgIpc) is 3.16. The summed E-state index contributed by atoms with van der Waals surface area (Å²) in [6, 6.07) is 20.8. The molecule has 1 fully saturated rings. The summed E-state index contributed by atoms with van der Waals surface area (Å²) in [4.78, 5) is 27.8. The molecule has 35 heavy (non-hydrogen) atoms. The van der Waals surface area contributed by atoms with Crippen molar-refractivity contribution in [1.82, 2.24) is 4.90 Å². The topological polar surface area (TPSA) is 85.3 Å². The zero-order valence-electron chi connectivity index (χ0n) is 19.9. The summed E-state index contributed by atoms with van der Waals surface area (Å²) in [5, 5.41) is 11.1. The van der Waals surface area contributed by atoms with Gasteiger partial charge in [-0.25, -0.2) is 0 Å². The molecule has 7 heteroatoms. The number of hydrogen-bond acceptors (Lipinski definition) is 6. The number of nitrogens with zero attached hydrogens (tertiary/aromatic N) is 1. The van der Waals surface area contributed by atoms with Crippen LogP contribution in [-0.2, 0) is 16.0 Å². The third-order valence-electron chi connectivity index (χ3n) is 6.11. The number of Topliss-reactive ketones (excluding diaryl/α,β-unsaturated/α-hetero) is 1. The molecule has 0 aromatic heterocycles. The van der Waals surface area contributed by atoms with Crippen molar-refractivity contribution in [3.63, 3.8) is 0 Å². The maximum Gasteiger partial charge on any atom is 0.295 e. The van der Waals surface area contributed by atoms with Crippen LogP contribution in [0.3, 0.4) is 0 Å². The van der Waals surface area contributed by atoms with Crippen molar-refractivity contribution in [3.05, 3.63) is 95.1 Å². The van der Waals surface area contributed by atoms with Crippen molar-refractivity contribution in [1.29, 1.82) is 0 Å². The van der Waals surface area contributed by atoms with Crippen molar-refractivity contribution < 1.29 is 28.9 Å². The minimum atomic E-state index is -0.710. The second-order valence-corrected chi connectivity index (χ2v) is 8.07. The molecule has 1 aliphatic rings. The van der Waals surface area contributed by atoms with E-state index in [-0.39, 0.29) is 17.9 Å². The highest BCUT2D eigenvalue weighted by molar-refractivity contribution is 6.46. The first-order chi connectivity index (χ1) is 17.0. The predicted octanol–water partition coefficient (Wildman–Crippen LogP) is 4.38. The van der Waals surface area contributed by atoms with Crippen LogP contribution in [0.15, 0.2) is 78.4 Å². The third kappa shape index (κ3) is 4.71. The van der Waals surface area contributed by atoms with E-state index in [1.165, 1.54) is 4.90 Å². The Labute approximate surface area is 204 Å². The number of aliphatic hydroxyl groups excluding tert-OH is 1. The maximum atomic E-state index is 13.2. The van der Waals surface area contributed by atoms with Gasteiger partial charge in [0.1, 0.15) is 11.5 Å². The smallest absolute Gasteiger partial charge is 0.295 e. The van der Waals surface area contributed by atoms with Crippen molar-refractivity contribution in [3.8, 4) is 17.2 Å². The Kier molecular flexibility index (Phi) is 7.06. The van der Waals surface area contributed by atoms with Gasteiger partial charge in [-0.05, 0) is 53.9 Å². The van der Waals surface area contributed by atoms with E-state index in [0.717, 1.165) is 11.1 Å². The number of methoxy groups -OCH3 is 3. The predicted molar refractivity (Wildman–Crippen MR) is 132 cm³/mol. The molecular formula is C28H27NO6. The third-order valence-corrected chi connectivity index (χ3v) is 6.11. The molecule has 4 rings (SSSR count). The van der Waals surface area contributed by atoms with Crippen LogP contribution in [0.25, 0.3) is 5.76 Å². The summed E-state index contributed by atoms with van der Waals surface area (Å²) in [5.41, 5.74) is 2.17. The Balaban J connectivity index is 1.71. The van der Waals surface area contributed by atoms with Crippen LogP contribution in [0.5, 0.6) is 17.2 Å². The van der Waals surface area contributed by atoms with Crippen LogP contribution < -0.4 is 14.2 Å². The van der Waals surface area contributed by atoms with Gasteiger partial charge in [0.15, 0.2) is 11.5 Å². The Morgan fingerprint density at radius 2 is 1.54 bits per heavy atom.